The van der Waals surface area contributed by atoms with E-state index in [1.807, 2.05) is 0 Å². The summed E-state index contributed by atoms with van der Waals surface area (Å²) in [6.07, 6.45) is 0. The van der Waals surface area contributed by atoms with Crippen LogP contribution in [0.3, 0.4) is 0 Å². The molecule has 2 aromatic rings. The van der Waals surface area contributed by atoms with E-state index in [2.05, 4.69) is 9.71 Å². The quantitative estimate of drug-likeness (QED) is 0.557. The van der Waals surface area contributed by atoms with Crippen LogP contribution in [-0.2, 0) is 10.0 Å². The zero-order valence-corrected chi connectivity index (χ0v) is 12.6. The Morgan fingerprint density at radius 1 is 1.08 bits per heavy atom. The van der Waals surface area contributed by atoms with Crippen molar-refractivity contribution < 1.29 is 18.5 Å². The molecule has 1 aromatic carbocycles. The van der Waals surface area contributed by atoms with Crippen LogP contribution in [0.5, 0.6) is 0 Å². The van der Waals surface area contributed by atoms with Gasteiger partial charge in [-0.1, -0.05) is 12.1 Å². The highest BCUT2D eigenvalue weighted by Crippen LogP contribution is 2.21. The molecule has 13 heteroatoms. The van der Waals surface area contributed by atoms with Gasteiger partial charge in [-0.2, -0.15) is 0 Å². The zero-order valence-electron chi connectivity index (χ0n) is 11.8. The van der Waals surface area contributed by atoms with Crippen molar-refractivity contribution in [2.75, 3.05) is 15.6 Å². The largest absolute Gasteiger partial charge is 0.384 e. The smallest absolute Gasteiger partial charge is 0.263 e. The number of aromatic nitrogens is 1. The fourth-order valence-electron chi connectivity index (χ4n) is 1.73. The minimum atomic E-state index is -4.18. The Morgan fingerprint density at radius 2 is 1.71 bits per heavy atom. The van der Waals surface area contributed by atoms with E-state index in [1.165, 1.54) is 18.2 Å². The third-order valence-corrected chi connectivity index (χ3v) is 4.03. The molecule has 1 heterocycles. The fourth-order valence-corrected chi connectivity index (χ4v) is 2.77. The van der Waals surface area contributed by atoms with E-state index in [-0.39, 0.29) is 11.6 Å². The van der Waals surface area contributed by atoms with E-state index in [4.69, 9.17) is 5.73 Å². The van der Waals surface area contributed by atoms with Crippen LogP contribution >= 0.6 is 0 Å². The average Bonchev–Trinajstić information content (AvgIpc) is 2.46. The number of anilines is 3. The predicted octanol–water partition coefficient (Wildman–Crippen LogP) is 0.654. The molecule has 3 N–H and O–H groups in total. The van der Waals surface area contributed by atoms with Crippen molar-refractivity contribution in [1.82, 2.24) is 4.98 Å². The van der Waals surface area contributed by atoms with Gasteiger partial charge in [0.2, 0.25) is 10.1 Å². The number of hydrogen-bond acceptors (Lipinski definition) is 8. The van der Waals surface area contributed by atoms with Gasteiger partial charge < -0.3 is 5.73 Å². The molecule has 0 aliphatic heterocycles. The molecule has 0 fully saturated rings. The van der Waals surface area contributed by atoms with Gasteiger partial charge in [0.1, 0.15) is 11.6 Å². The first kappa shape index (κ1) is 16.9. The Morgan fingerprint density at radius 3 is 2.29 bits per heavy atom. The molecule has 0 unspecified atom stereocenters. The van der Waals surface area contributed by atoms with Crippen LogP contribution in [0.25, 0.3) is 0 Å². The molecule has 2 rings (SSSR count). The molecule has 0 aliphatic carbocycles. The normalized spacial score (nSPS) is 10.8. The molecule has 0 atom stereocenters. The molecule has 0 spiro atoms. The lowest BCUT2D eigenvalue weighted by atomic mass is 10.3. The van der Waals surface area contributed by atoms with Gasteiger partial charge in [0.05, 0.1) is 4.90 Å². The number of hydrogen-bond donors (Lipinski definition) is 2. The summed E-state index contributed by atoms with van der Waals surface area (Å²) in [6.45, 7) is 0. The first-order chi connectivity index (χ1) is 11.2. The van der Waals surface area contributed by atoms with Crippen LogP contribution in [0.15, 0.2) is 47.4 Å². The Bertz CT molecular complexity index is 887. The summed E-state index contributed by atoms with van der Waals surface area (Å²) in [4.78, 5) is 24.8. The second-order valence-electron chi connectivity index (χ2n) is 4.32. The summed E-state index contributed by atoms with van der Waals surface area (Å²) in [5, 5.41) is 18.5. The molecule has 0 aliphatic rings. The third kappa shape index (κ3) is 3.64. The van der Waals surface area contributed by atoms with Gasteiger partial charge in [0, 0.05) is 0 Å². The summed E-state index contributed by atoms with van der Waals surface area (Å²) in [7, 11) is -4.18. The highest BCUT2D eigenvalue weighted by atomic mass is 32.2. The fraction of sp³-hybridized carbons (Fsp3) is 0. The molecular weight excluding hydrogens is 344 g/mol. The van der Waals surface area contributed by atoms with Crippen LogP contribution in [0.2, 0.25) is 0 Å². The molecule has 126 valence electrons. The summed E-state index contributed by atoms with van der Waals surface area (Å²) in [6, 6.07) is 8.34. The van der Waals surface area contributed by atoms with Crippen LogP contribution in [0, 0.1) is 20.2 Å². The highest BCUT2D eigenvalue weighted by Gasteiger charge is 2.31. The van der Waals surface area contributed by atoms with Crippen molar-refractivity contribution in [3.8, 4) is 0 Å². The number of nitrogens with zero attached hydrogens (tertiary/aromatic N) is 4. The maximum Gasteiger partial charge on any atom is 0.263 e. The van der Waals surface area contributed by atoms with E-state index in [9.17, 15) is 28.6 Å². The van der Waals surface area contributed by atoms with Crippen LogP contribution in [-0.4, -0.2) is 23.5 Å². The van der Waals surface area contributed by atoms with Gasteiger partial charge in [-0.05, 0) is 30.3 Å². The second kappa shape index (κ2) is 6.33. The number of benzene rings is 1. The number of pyridine rings is 1. The Hall–Kier alpha value is -3.48. The Kier molecular flexibility index (Phi) is 4.45. The minimum absolute atomic E-state index is 0.0687. The van der Waals surface area contributed by atoms with E-state index >= 15 is 0 Å². The lowest BCUT2D eigenvalue weighted by molar-refractivity contribution is -0.711. The summed E-state index contributed by atoms with van der Waals surface area (Å²) >= 11 is 0. The molecule has 0 amide bonds. The number of rotatable bonds is 6. The van der Waals surface area contributed by atoms with Gasteiger partial charge in [-0.3, -0.25) is 4.72 Å². The van der Waals surface area contributed by atoms with Crippen LogP contribution < -0.4 is 15.6 Å². The van der Waals surface area contributed by atoms with Gasteiger partial charge in [-0.25, -0.2) is 33.6 Å². The topological polar surface area (TPSA) is 175 Å². The standard InChI is InChI=1S/C11H10N6O6S/c12-10-5-2-6-11(13-10)14-24(22,23)9-4-1-3-8(7-9)15(16(18)19)17(20)21/h1-7H,(H3,12,13,14). The van der Waals surface area contributed by atoms with Crippen molar-refractivity contribution in [3.63, 3.8) is 0 Å². The van der Waals surface area contributed by atoms with Crippen LogP contribution in [0.4, 0.5) is 17.3 Å². The van der Waals surface area contributed by atoms with Crippen molar-refractivity contribution >= 4 is 27.3 Å². The molecule has 1 aromatic heterocycles. The molecule has 0 saturated heterocycles. The van der Waals surface area contributed by atoms with E-state index in [0.717, 1.165) is 24.3 Å². The summed E-state index contributed by atoms with van der Waals surface area (Å²) in [5.74, 6) is 0.0117. The van der Waals surface area contributed by atoms with E-state index in [0.29, 0.717) is 0 Å². The van der Waals surface area contributed by atoms with E-state index < -0.39 is 35.8 Å². The van der Waals surface area contributed by atoms with Crippen molar-refractivity contribution in [2.24, 2.45) is 0 Å². The lowest BCUT2D eigenvalue weighted by Gasteiger charge is -2.09. The summed E-state index contributed by atoms with van der Waals surface area (Å²) in [5.41, 5.74) is 4.91. The summed E-state index contributed by atoms with van der Waals surface area (Å²) < 4.78 is 26.7. The maximum atomic E-state index is 12.3. The molecule has 24 heavy (non-hydrogen) atoms. The highest BCUT2D eigenvalue weighted by molar-refractivity contribution is 7.92. The lowest BCUT2D eigenvalue weighted by Crippen LogP contribution is -2.35. The number of nitrogens with one attached hydrogen (secondary N) is 1. The molecule has 0 bridgehead atoms. The second-order valence-corrected chi connectivity index (χ2v) is 6.00. The molecule has 0 radical (unpaired) electrons. The monoisotopic (exact) mass is 354 g/mol. The first-order valence-corrected chi connectivity index (χ1v) is 7.63. The van der Waals surface area contributed by atoms with Gasteiger partial charge in [-0.15, -0.1) is 0 Å². The predicted molar refractivity (Wildman–Crippen MR) is 82.4 cm³/mol. The number of nitro groups is 2. The van der Waals surface area contributed by atoms with Gasteiger partial charge in [0.15, 0.2) is 10.8 Å². The maximum absolute atomic E-state index is 12.3. The molecule has 12 nitrogen and oxygen atoms in total. The van der Waals surface area contributed by atoms with E-state index in [1.54, 1.807) is 0 Å². The number of nitrogen functional groups attached to an aromatic ring is 1. The number of hydrazine groups is 2. The zero-order chi connectivity index (χ0) is 17.9. The minimum Gasteiger partial charge on any atom is -0.384 e. The molecule has 0 saturated carbocycles. The first-order valence-electron chi connectivity index (χ1n) is 6.15. The SMILES string of the molecule is Nc1cccc(NS(=O)(=O)c2cccc(N([N+](=O)[O-])[N+](=O)[O-])c2)n1. The third-order valence-electron chi connectivity index (χ3n) is 2.68. The molecular formula is C11H10N6O6S. The Labute approximate surface area is 134 Å². The Balaban J connectivity index is 2.39. The van der Waals surface area contributed by atoms with Gasteiger partial charge in [0.25, 0.3) is 10.0 Å². The van der Waals surface area contributed by atoms with Gasteiger partial charge >= 0.3 is 0 Å². The van der Waals surface area contributed by atoms with Crippen molar-refractivity contribution in [1.29, 1.82) is 0 Å². The number of nitrogens with two attached hydrogens (primary N) is 1. The average molecular weight is 354 g/mol. The van der Waals surface area contributed by atoms with Crippen LogP contribution in [0.1, 0.15) is 0 Å². The van der Waals surface area contributed by atoms with Crippen molar-refractivity contribution in [3.05, 3.63) is 62.7 Å². The van der Waals surface area contributed by atoms with Crippen molar-refractivity contribution in [2.45, 2.75) is 4.90 Å². The number of sulfonamides is 1.